The Kier molecular flexibility index (Phi) is 7.80. The van der Waals surface area contributed by atoms with Crippen LogP contribution in [0.2, 0.25) is 0 Å². The van der Waals surface area contributed by atoms with E-state index in [2.05, 4.69) is 209 Å². The number of hydrogen-bond donors (Lipinski definition) is 0. The molecule has 4 aromatic heterocycles. The van der Waals surface area contributed by atoms with Crippen LogP contribution in [-0.2, 0) is 0 Å². The number of para-hydroxylation sites is 4. The smallest absolute Gasteiger partial charge is 0.240 e. The third-order valence-electron chi connectivity index (χ3n) is 12.4. The second-order valence-corrected chi connectivity index (χ2v) is 16.0. The highest BCUT2D eigenvalue weighted by molar-refractivity contribution is 6.12. The van der Waals surface area contributed by atoms with E-state index in [0.717, 1.165) is 104 Å². The summed E-state index contributed by atoms with van der Waals surface area (Å²) in [6, 6.07) is 74.5. The van der Waals surface area contributed by atoms with Gasteiger partial charge in [0.25, 0.3) is 0 Å². The van der Waals surface area contributed by atoms with E-state index in [1.807, 2.05) is 12.1 Å². The molecule has 0 unspecified atom stereocenters. The Morgan fingerprint density at radius 3 is 1.37 bits per heavy atom. The Balaban J connectivity index is 1.07. The van der Waals surface area contributed by atoms with Gasteiger partial charge in [-0.25, -0.2) is 0 Å². The fraction of sp³-hybridized carbons (Fsp3) is 0. The molecule has 0 N–H and O–H groups in total. The zero-order valence-electron chi connectivity index (χ0n) is 33.9. The highest BCUT2D eigenvalue weighted by atomic mass is 16.3. The lowest BCUT2D eigenvalue weighted by atomic mass is 10.0. The fourth-order valence-electron chi connectivity index (χ4n) is 9.45. The maximum Gasteiger partial charge on any atom is 0.240 e. The molecular formula is C57H35N5O. The SMILES string of the molecule is c1ccc(-c2ccc3c4ccc(-c5ccccc5)cc4n(-c4nc(-c5ccc(-c6cccc7c6oc6ccccc67)cc5)nc(-n5c6ccccc6c6ccccc65)n4)c3c2)cc1. The first kappa shape index (κ1) is 35.2. The Morgan fingerprint density at radius 1 is 0.302 bits per heavy atom. The predicted molar refractivity (Wildman–Crippen MR) is 258 cm³/mol. The summed E-state index contributed by atoms with van der Waals surface area (Å²) in [6.07, 6.45) is 0. The molecule has 0 radical (unpaired) electrons. The van der Waals surface area contributed by atoms with Crippen molar-refractivity contribution in [2.45, 2.75) is 0 Å². The van der Waals surface area contributed by atoms with Crippen molar-refractivity contribution < 1.29 is 4.42 Å². The molecule has 6 nitrogen and oxygen atoms in total. The molecule has 4 heterocycles. The van der Waals surface area contributed by atoms with Gasteiger partial charge in [-0.2, -0.15) is 15.0 Å². The molecule has 0 atom stereocenters. The van der Waals surface area contributed by atoms with Gasteiger partial charge in [-0.1, -0.05) is 182 Å². The summed E-state index contributed by atoms with van der Waals surface area (Å²) < 4.78 is 10.8. The van der Waals surface area contributed by atoms with Crippen molar-refractivity contribution >= 4 is 65.6 Å². The van der Waals surface area contributed by atoms with E-state index in [0.29, 0.717) is 17.7 Å². The molecule has 0 amide bonds. The van der Waals surface area contributed by atoms with Crippen LogP contribution >= 0.6 is 0 Å². The molecule has 9 aromatic carbocycles. The Labute approximate surface area is 361 Å². The van der Waals surface area contributed by atoms with Crippen LogP contribution in [0.1, 0.15) is 0 Å². The van der Waals surface area contributed by atoms with Crippen LogP contribution in [0.15, 0.2) is 217 Å². The average Bonchev–Trinajstić information content (AvgIpc) is 4.02. The van der Waals surface area contributed by atoms with Crippen LogP contribution in [0.4, 0.5) is 0 Å². The number of rotatable bonds is 6. The van der Waals surface area contributed by atoms with E-state index >= 15 is 0 Å². The molecule has 0 saturated heterocycles. The van der Waals surface area contributed by atoms with E-state index in [4.69, 9.17) is 19.4 Å². The van der Waals surface area contributed by atoms with Gasteiger partial charge in [-0.3, -0.25) is 9.13 Å². The van der Waals surface area contributed by atoms with Crippen molar-refractivity contribution in [3.63, 3.8) is 0 Å². The molecule has 294 valence electrons. The lowest BCUT2D eigenvalue weighted by molar-refractivity contribution is 0.670. The standard InChI is InChI=1S/C57H35N5O/c1-3-14-36(15-4-1)40-30-32-45-46-33-31-41(37-16-5-2-6-17-37)35-52(46)62(51(45)34-40)57-59-55(58-56(60-57)61-49-23-10-7-18-43(49)44-19-8-11-24-50(44)61)39-28-26-38(27-29-39)42-21-13-22-48-47-20-9-12-25-53(47)63-54(42)48/h1-35H. The van der Waals surface area contributed by atoms with Crippen molar-refractivity contribution in [2.24, 2.45) is 0 Å². The molecule has 0 fully saturated rings. The Hall–Kier alpha value is -8.61. The molecule has 63 heavy (non-hydrogen) atoms. The molecule has 0 saturated carbocycles. The Bertz CT molecular complexity index is 3750. The minimum absolute atomic E-state index is 0.531. The van der Waals surface area contributed by atoms with E-state index in [9.17, 15) is 0 Å². The maximum absolute atomic E-state index is 6.44. The topological polar surface area (TPSA) is 61.7 Å². The normalized spacial score (nSPS) is 11.8. The number of nitrogens with zero attached hydrogens (tertiary/aromatic N) is 5. The zero-order valence-corrected chi connectivity index (χ0v) is 33.9. The summed E-state index contributed by atoms with van der Waals surface area (Å²) in [5, 5.41) is 6.72. The fourth-order valence-corrected chi connectivity index (χ4v) is 9.45. The summed E-state index contributed by atoms with van der Waals surface area (Å²) in [4.78, 5) is 16.2. The molecule has 6 heteroatoms. The van der Waals surface area contributed by atoms with Crippen LogP contribution in [0.5, 0.6) is 0 Å². The van der Waals surface area contributed by atoms with Gasteiger partial charge in [0.1, 0.15) is 11.2 Å². The van der Waals surface area contributed by atoms with Crippen molar-refractivity contribution in [1.29, 1.82) is 0 Å². The summed E-state index contributed by atoms with van der Waals surface area (Å²) in [7, 11) is 0. The first-order valence-corrected chi connectivity index (χ1v) is 21.2. The first-order valence-electron chi connectivity index (χ1n) is 21.2. The zero-order chi connectivity index (χ0) is 41.4. The number of furan rings is 1. The average molecular weight is 806 g/mol. The van der Waals surface area contributed by atoms with Gasteiger partial charge in [0, 0.05) is 43.4 Å². The van der Waals surface area contributed by atoms with E-state index in [-0.39, 0.29) is 0 Å². The number of fused-ring (bicyclic) bond motifs is 9. The highest BCUT2D eigenvalue weighted by Crippen LogP contribution is 2.39. The van der Waals surface area contributed by atoms with Crippen molar-refractivity contribution in [1.82, 2.24) is 24.1 Å². The van der Waals surface area contributed by atoms with E-state index < -0.39 is 0 Å². The third kappa shape index (κ3) is 5.62. The predicted octanol–water partition coefficient (Wildman–Crippen LogP) is 14.6. The second kappa shape index (κ2) is 14.0. The lowest BCUT2D eigenvalue weighted by Crippen LogP contribution is -2.10. The molecule has 13 rings (SSSR count). The van der Waals surface area contributed by atoms with Gasteiger partial charge in [0.15, 0.2) is 5.82 Å². The molecule has 13 aromatic rings. The van der Waals surface area contributed by atoms with Gasteiger partial charge in [-0.15, -0.1) is 0 Å². The molecule has 0 aliphatic carbocycles. The van der Waals surface area contributed by atoms with Crippen LogP contribution < -0.4 is 0 Å². The molecule has 0 spiro atoms. The number of benzene rings is 9. The van der Waals surface area contributed by atoms with Crippen LogP contribution in [0.25, 0.3) is 122 Å². The van der Waals surface area contributed by atoms with E-state index in [1.165, 1.54) is 0 Å². The minimum atomic E-state index is 0.531. The van der Waals surface area contributed by atoms with E-state index in [1.54, 1.807) is 0 Å². The third-order valence-corrected chi connectivity index (χ3v) is 12.4. The second-order valence-electron chi connectivity index (χ2n) is 16.0. The number of hydrogen-bond acceptors (Lipinski definition) is 4. The monoisotopic (exact) mass is 805 g/mol. The largest absolute Gasteiger partial charge is 0.455 e. The summed E-state index contributed by atoms with van der Waals surface area (Å²) >= 11 is 0. The molecule has 0 aliphatic rings. The maximum atomic E-state index is 6.44. The summed E-state index contributed by atoms with van der Waals surface area (Å²) in [6.45, 7) is 0. The molecular weight excluding hydrogens is 771 g/mol. The van der Waals surface area contributed by atoms with Gasteiger partial charge < -0.3 is 4.42 Å². The van der Waals surface area contributed by atoms with Gasteiger partial charge in [-0.05, 0) is 58.1 Å². The highest BCUT2D eigenvalue weighted by Gasteiger charge is 2.22. The lowest BCUT2D eigenvalue weighted by Gasteiger charge is -2.13. The van der Waals surface area contributed by atoms with Gasteiger partial charge in [0.2, 0.25) is 11.9 Å². The minimum Gasteiger partial charge on any atom is -0.455 e. The quantitative estimate of drug-likeness (QED) is 0.168. The van der Waals surface area contributed by atoms with Crippen molar-refractivity contribution in [3.8, 4) is 56.7 Å². The van der Waals surface area contributed by atoms with Gasteiger partial charge in [0.05, 0.1) is 22.1 Å². The number of aromatic nitrogens is 5. The Morgan fingerprint density at radius 2 is 0.762 bits per heavy atom. The van der Waals surface area contributed by atoms with Gasteiger partial charge >= 0.3 is 0 Å². The van der Waals surface area contributed by atoms with Crippen LogP contribution in [0, 0.1) is 0 Å². The van der Waals surface area contributed by atoms with Crippen LogP contribution in [-0.4, -0.2) is 24.1 Å². The molecule has 0 aliphatic heterocycles. The summed E-state index contributed by atoms with van der Waals surface area (Å²) in [5.41, 5.74) is 13.3. The first-order chi connectivity index (χ1) is 31.2. The van der Waals surface area contributed by atoms with Crippen molar-refractivity contribution in [2.75, 3.05) is 0 Å². The van der Waals surface area contributed by atoms with Crippen LogP contribution in [0.3, 0.4) is 0 Å². The summed E-state index contributed by atoms with van der Waals surface area (Å²) in [5.74, 6) is 1.64. The molecule has 0 bridgehead atoms. The van der Waals surface area contributed by atoms with Crippen molar-refractivity contribution in [3.05, 3.63) is 212 Å².